The maximum Gasteiger partial charge on any atom is 0.225 e. The van der Waals surface area contributed by atoms with Crippen LogP contribution < -0.4 is 5.32 Å². The summed E-state index contributed by atoms with van der Waals surface area (Å²) in [6.45, 7) is 0. The lowest BCUT2D eigenvalue weighted by molar-refractivity contribution is 0.478. The van der Waals surface area contributed by atoms with Crippen LogP contribution in [0, 0.1) is 0 Å². The number of nitrogens with zero attached hydrogens (tertiary/aromatic N) is 2. The van der Waals surface area contributed by atoms with Crippen molar-refractivity contribution in [3.05, 3.63) is 65.9 Å². The molecule has 6 heteroatoms. The van der Waals surface area contributed by atoms with Gasteiger partial charge in [-0.25, -0.2) is 4.98 Å². The zero-order valence-corrected chi connectivity index (χ0v) is 14.0. The number of phenolic OH excluding ortho intramolecular Hbond substituents is 1. The van der Waals surface area contributed by atoms with Crippen molar-refractivity contribution in [1.82, 2.24) is 9.97 Å². The van der Waals surface area contributed by atoms with E-state index >= 15 is 0 Å². The Hall–Kier alpha value is -2.63. The van der Waals surface area contributed by atoms with Crippen molar-refractivity contribution < 1.29 is 5.11 Å². The minimum atomic E-state index is 0.152. The summed E-state index contributed by atoms with van der Waals surface area (Å²) in [4.78, 5) is 10.5. The Balaban J connectivity index is 1.83. The number of thiophene rings is 1. The van der Waals surface area contributed by atoms with Crippen LogP contribution in [0.3, 0.4) is 0 Å². The topological polar surface area (TPSA) is 58.0 Å². The van der Waals surface area contributed by atoms with Crippen molar-refractivity contribution in [2.45, 2.75) is 0 Å². The quantitative estimate of drug-likeness (QED) is 0.379. The number of aromatic nitrogens is 2. The number of rotatable bonds is 3. The molecule has 0 aliphatic heterocycles. The summed E-state index contributed by atoms with van der Waals surface area (Å²) in [5.74, 6) is 0.726. The van der Waals surface area contributed by atoms with E-state index in [4.69, 9.17) is 11.6 Å². The molecule has 118 valence electrons. The summed E-state index contributed by atoms with van der Waals surface area (Å²) < 4.78 is 0. The molecule has 0 amide bonds. The van der Waals surface area contributed by atoms with E-state index in [9.17, 15) is 5.11 Å². The maximum absolute atomic E-state index is 9.96. The van der Waals surface area contributed by atoms with Gasteiger partial charge in [0.1, 0.15) is 16.4 Å². The average Bonchev–Trinajstić information content (AvgIpc) is 3.02. The van der Waals surface area contributed by atoms with Gasteiger partial charge in [-0.15, -0.1) is 11.3 Å². The molecule has 24 heavy (non-hydrogen) atoms. The molecule has 0 bridgehead atoms. The average molecular weight is 354 g/mol. The Labute approximate surface area is 147 Å². The van der Waals surface area contributed by atoms with Crippen molar-refractivity contribution in [2.75, 3.05) is 5.32 Å². The third-order valence-corrected chi connectivity index (χ3v) is 4.83. The number of phenols is 1. The second-order valence-electron chi connectivity index (χ2n) is 5.18. The molecule has 2 N–H and O–H groups in total. The van der Waals surface area contributed by atoms with Gasteiger partial charge in [-0.2, -0.15) is 4.98 Å². The molecule has 0 saturated heterocycles. The number of hydrogen-bond donors (Lipinski definition) is 2. The summed E-state index contributed by atoms with van der Waals surface area (Å²) in [5.41, 5.74) is 1.69. The first-order valence-corrected chi connectivity index (χ1v) is 8.48. The van der Waals surface area contributed by atoms with Gasteiger partial charge in [0.2, 0.25) is 5.28 Å². The Morgan fingerprint density at radius 3 is 2.50 bits per heavy atom. The zero-order chi connectivity index (χ0) is 16.5. The third kappa shape index (κ3) is 2.79. The number of nitrogens with one attached hydrogen (secondary N) is 1. The second-order valence-corrected chi connectivity index (χ2v) is 6.55. The molecule has 4 rings (SSSR count). The number of halogens is 1. The molecule has 4 aromatic rings. The first-order chi connectivity index (χ1) is 11.7. The highest BCUT2D eigenvalue weighted by Crippen LogP contribution is 2.37. The predicted octanol–water partition coefficient (Wildman–Crippen LogP) is 5.46. The SMILES string of the molecule is Oc1ccccc1Nc1nc(Cl)nc2sc(-c3ccccc3)cc12. The number of aromatic hydroxyl groups is 1. The van der Waals surface area contributed by atoms with E-state index in [1.54, 1.807) is 29.5 Å². The van der Waals surface area contributed by atoms with Crippen molar-refractivity contribution in [3.8, 4) is 16.2 Å². The highest BCUT2D eigenvalue weighted by molar-refractivity contribution is 7.22. The standard InChI is InChI=1S/C18H12ClN3OS/c19-18-21-16(20-13-8-4-5-9-14(13)23)12-10-15(24-17(12)22-18)11-6-2-1-3-7-11/h1-10,23H,(H,20,21,22). The Morgan fingerprint density at radius 2 is 1.71 bits per heavy atom. The first kappa shape index (κ1) is 14.9. The molecular formula is C18H12ClN3OS. The van der Waals surface area contributed by atoms with Crippen LogP contribution >= 0.6 is 22.9 Å². The van der Waals surface area contributed by atoms with Crippen LogP contribution in [0.5, 0.6) is 5.75 Å². The number of para-hydroxylation sites is 2. The molecule has 0 radical (unpaired) electrons. The van der Waals surface area contributed by atoms with E-state index < -0.39 is 0 Å². The van der Waals surface area contributed by atoms with E-state index in [1.807, 2.05) is 30.3 Å². The molecule has 0 saturated carbocycles. The van der Waals surface area contributed by atoms with Crippen LogP contribution in [-0.4, -0.2) is 15.1 Å². The summed E-state index contributed by atoms with van der Waals surface area (Å²) in [7, 11) is 0. The third-order valence-electron chi connectivity index (χ3n) is 3.58. The van der Waals surface area contributed by atoms with Crippen LogP contribution in [0.1, 0.15) is 0 Å². The number of anilines is 2. The molecule has 0 spiro atoms. The van der Waals surface area contributed by atoms with Gasteiger partial charge in [-0.05, 0) is 35.4 Å². The molecule has 2 aromatic heterocycles. The Kier molecular flexibility index (Phi) is 3.80. The van der Waals surface area contributed by atoms with Crippen LogP contribution in [0.25, 0.3) is 20.7 Å². The van der Waals surface area contributed by atoms with Crippen LogP contribution in [0.15, 0.2) is 60.7 Å². The summed E-state index contributed by atoms with van der Waals surface area (Å²) in [6, 6.07) is 19.1. The van der Waals surface area contributed by atoms with Gasteiger partial charge in [-0.1, -0.05) is 42.5 Å². The van der Waals surface area contributed by atoms with Gasteiger partial charge in [0.15, 0.2) is 0 Å². The maximum atomic E-state index is 9.96. The lowest BCUT2D eigenvalue weighted by Gasteiger charge is -2.08. The Bertz CT molecular complexity index is 1020. The molecule has 2 heterocycles. The fourth-order valence-corrected chi connectivity index (χ4v) is 3.70. The minimum absolute atomic E-state index is 0.152. The van der Waals surface area contributed by atoms with Gasteiger partial charge in [0.25, 0.3) is 0 Å². The number of benzene rings is 2. The monoisotopic (exact) mass is 353 g/mol. The number of fused-ring (bicyclic) bond motifs is 1. The van der Waals surface area contributed by atoms with Crippen molar-refractivity contribution >= 4 is 44.7 Å². The predicted molar refractivity (Wildman–Crippen MR) is 99.3 cm³/mol. The Morgan fingerprint density at radius 1 is 0.958 bits per heavy atom. The lowest BCUT2D eigenvalue weighted by atomic mass is 10.2. The van der Waals surface area contributed by atoms with Gasteiger partial charge in [-0.3, -0.25) is 0 Å². The zero-order valence-electron chi connectivity index (χ0n) is 12.4. The van der Waals surface area contributed by atoms with Crippen LogP contribution in [-0.2, 0) is 0 Å². The van der Waals surface area contributed by atoms with Crippen LogP contribution in [0.2, 0.25) is 5.28 Å². The van der Waals surface area contributed by atoms with Crippen molar-refractivity contribution in [3.63, 3.8) is 0 Å². The van der Waals surface area contributed by atoms with Gasteiger partial charge < -0.3 is 10.4 Å². The molecule has 0 atom stereocenters. The normalized spacial score (nSPS) is 10.9. The summed E-state index contributed by atoms with van der Waals surface area (Å²) in [5, 5.41) is 14.1. The molecular weight excluding hydrogens is 342 g/mol. The molecule has 2 aromatic carbocycles. The van der Waals surface area contributed by atoms with Crippen molar-refractivity contribution in [2.24, 2.45) is 0 Å². The van der Waals surface area contributed by atoms with Gasteiger partial charge in [0, 0.05) is 4.88 Å². The van der Waals surface area contributed by atoms with E-state index in [-0.39, 0.29) is 11.0 Å². The van der Waals surface area contributed by atoms with Crippen LogP contribution in [0.4, 0.5) is 11.5 Å². The van der Waals surface area contributed by atoms with E-state index in [0.717, 1.165) is 20.7 Å². The fourth-order valence-electron chi connectivity index (χ4n) is 2.44. The van der Waals surface area contributed by atoms with Crippen molar-refractivity contribution in [1.29, 1.82) is 0 Å². The highest BCUT2D eigenvalue weighted by Gasteiger charge is 2.13. The number of hydrogen-bond acceptors (Lipinski definition) is 5. The first-order valence-electron chi connectivity index (χ1n) is 7.28. The van der Waals surface area contributed by atoms with E-state index in [1.165, 1.54) is 0 Å². The highest BCUT2D eigenvalue weighted by atomic mass is 35.5. The fraction of sp³-hybridized carbons (Fsp3) is 0. The second kappa shape index (κ2) is 6.11. The molecule has 4 nitrogen and oxygen atoms in total. The smallest absolute Gasteiger partial charge is 0.225 e. The van der Waals surface area contributed by atoms with E-state index in [0.29, 0.717) is 11.5 Å². The minimum Gasteiger partial charge on any atom is -0.506 e. The van der Waals surface area contributed by atoms with Gasteiger partial charge in [0.05, 0.1) is 11.1 Å². The van der Waals surface area contributed by atoms with Gasteiger partial charge >= 0.3 is 0 Å². The summed E-state index contributed by atoms with van der Waals surface area (Å²) in [6.07, 6.45) is 0. The molecule has 0 aliphatic rings. The lowest BCUT2D eigenvalue weighted by Crippen LogP contribution is -1.96. The molecule has 0 fully saturated rings. The summed E-state index contributed by atoms with van der Waals surface area (Å²) >= 11 is 7.62. The molecule has 0 unspecified atom stereocenters. The van der Waals surface area contributed by atoms with E-state index in [2.05, 4.69) is 27.4 Å². The largest absolute Gasteiger partial charge is 0.506 e. The molecule has 0 aliphatic carbocycles.